The molecule has 1 saturated heterocycles. The van der Waals surface area contributed by atoms with Gasteiger partial charge in [0.2, 0.25) is 5.92 Å². The van der Waals surface area contributed by atoms with Crippen LogP contribution in [-0.4, -0.2) is 45.6 Å². The Balaban J connectivity index is 1.30. The van der Waals surface area contributed by atoms with Crippen molar-refractivity contribution >= 4 is 28.5 Å². The van der Waals surface area contributed by atoms with Crippen molar-refractivity contribution in [3.05, 3.63) is 66.5 Å². The fourth-order valence-corrected chi connectivity index (χ4v) is 4.55. The summed E-state index contributed by atoms with van der Waals surface area (Å²) in [6.07, 6.45) is 2.32. The number of alkyl halides is 2. The van der Waals surface area contributed by atoms with Crippen LogP contribution < -0.4 is 5.32 Å². The number of fused-ring (bicyclic) bond motifs is 1. The molecular formula is C25H21F2N3O3. The number of rotatable bonds is 4. The number of benzene rings is 2. The Kier molecular flexibility index (Phi) is 4.96. The van der Waals surface area contributed by atoms with Crippen molar-refractivity contribution in [2.45, 2.75) is 37.1 Å². The number of nitrogens with one attached hydrogen (secondary N) is 1. The van der Waals surface area contributed by atoms with E-state index in [2.05, 4.69) is 10.3 Å². The molecule has 2 fully saturated rings. The summed E-state index contributed by atoms with van der Waals surface area (Å²) >= 11 is 0. The minimum absolute atomic E-state index is 0.134. The number of carbonyl (C=O) groups excluding carboxylic acids is 3. The number of Topliss-reactive ketones (excluding diaryl/α,β-unsaturated/α-hetero) is 1. The normalized spacial score (nSPS) is 19.2. The molecule has 3 aromatic rings. The molecule has 5 rings (SSSR count). The summed E-state index contributed by atoms with van der Waals surface area (Å²) in [7, 11) is 0. The smallest absolute Gasteiger partial charge is 0.323 e. The van der Waals surface area contributed by atoms with Gasteiger partial charge in [0.05, 0.1) is 6.54 Å². The molecule has 6 nitrogen and oxygen atoms in total. The number of ketones is 1. The Hall–Kier alpha value is -3.68. The lowest BCUT2D eigenvalue weighted by molar-refractivity contribution is -0.135. The Morgan fingerprint density at radius 1 is 0.939 bits per heavy atom. The number of hydrogen-bond acceptors (Lipinski definition) is 4. The van der Waals surface area contributed by atoms with Crippen LogP contribution in [-0.2, 0) is 4.79 Å². The second kappa shape index (κ2) is 7.72. The van der Waals surface area contributed by atoms with E-state index >= 15 is 0 Å². The maximum Gasteiger partial charge on any atom is 0.325 e. The number of halogens is 2. The fraction of sp³-hybridized carbons (Fsp3) is 0.280. The third-order valence-corrected chi connectivity index (χ3v) is 6.56. The van der Waals surface area contributed by atoms with Crippen LogP contribution >= 0.6 is 0 Å². The predicted molar refractivity (Wildman–Crippen MR) is 118 cm³/mol. The van der Waals surface area contributed by atoms with Gasteiger partial charge in [-0.1, -0.05) is 36.4 Å². The van der Waals surface area contributed by atoms with E-state index in [4.69, 9.17) is 0 Å². The number of hydrogen-bond donors (Lipinski definition) is 1. The van der Waals surface area contributed by atoms with Gasteiger partial charge < -0.3 is 5.32 Å². The van der Waals surface area contributed by atoms with Crippen LogP contribution in [0.2, 0.25) is 0 Å². The van der Waals surface area contributed by atoms with Gasteiger partial charge in [0, 0.05) is 36.2 Å². The molecule has 1 spiro atoms. The zero-order valence-corrected chi connectivity index (χ0v) is 17.7. The first-order valence-corrected chi connectivity index (χ1v) is 10.8. The highest BCUT2D eigenvalue weighted by Gasteiger charge is 2.55. The van der Waals surface area contributed by atoms with E-state index in [1.807, 2.05) is 24.3 Å². The predicted octanol–water partition coefficient (Wildman–Crippen LogP) is 4.58. The molecule has 0 bridgehead atoms. The van der Waals surface area contributed by atoms with E-state index in [0.29, 0.717) is 5.56 Å². The van der Waals surface area contributed by atoms with Crippen LogP contribution in [0.3, 0.4) is 0 Å². The van der Waals surface area contributed by atoms with Crippen molar-refractivity contribution in [2.24, 2.45) is 0 Å². The molecule has 1 aromatic heterocycles. The average molecular weight is 449 g/mol. The van der Waals surface area contributed by atoms with E-state index in [0.717, 1.165) is 26.8 Å². The molecule has 1 aliphatic heterocycles. The minimum atomic E-state index is -2.83. The SMILES string of the molecule is O=C(CN1C(=O)NC2(CCC(F)(F)CC2)C1=O)c1ccc(-c2ccc3ccncc3c2)cc1. The summed E-state index contributed by atoms with van der Waals surface area (Å²) < 4.78 is 27.1. The zero-order valence-electron chi connectivity index (χ0n) is 17.7. The van der Waals surface area contributed by atoms with E-state index in [9.17, 15) is 23.2 Å². The van der Waals surface area contributed by atoms with Crippen LogP contribution in [0.1, 0.15) is 36.0 Å². The summed E-state index contributed by atoms with van der Waals surface area (Å²) in [6.45, 7) is -0.427. The van der Waals surface area contributed by atoms with Crippen molar-refractivity contribution in [2.75, 3.05) is 6.54 Å². The lowest BCUT2D eigenvalue weighted by Gasteiger charge is -2.34. The lowest BCUT2D eigenvalue weighted by atomic mass is 9.80. The van der Waals surface area contributed by atoms with Gasteiger partial charge in [-0.15, -0.1) is 0 Å². The molecule has 0 atom stereocenters. The molecule has 2 heterocycles. The maximum absolute atomic E-state index is 13.5. The second-order valence-corrected chi connectivity index (χ2v) is 8.70. The van der Waals surface area contributed by atoms with E-state index < -0.39 is 48.6 Å². The van der Waals surface area contributed by atoms with Crippen LogP contribution in [0, 0.1) is 0 Å². The molecule has 1 N–H and O–H groups in total. The van der Waals surface area contributed by atoms with Gasteiger partial charge in [-0.25, -0.2) is 13.6 Å². The van der Waals surface area contributed by atoms with Crippen LogP contribution in [0.4, 0.5) is 13.6 Å². The quantitative estimate of drug-likeness (QED) is 0.467. The molecule has 168 valence electrons. The highest BCUT2D eigenvalue weighted by Crippen LogP contribution is 2.41. The molecular weight excluding hydrogens is 428 g/mol. The maximum atomic E-state index is 13.5. The monoisotopic (exact) mass is 449 g/mol. The highest BCUT2D eigenvalue weighted by atomic mass is 19.3. The number of pyridine rings is 1. The largest absolute Gasteiger partial charge is 0.325 e. The summed E-state index contributed by atoms with van der Waals surface area (Å²) in [4.78, 5) is 43.0. The number of urea groups is 1. The average Bonchev–Trinajstić information content (AvgIpc) is 3.05. The molecule has 0 radical (unpaired) electrons. The molecule has 0 unspecified atom stereocenters. The molecule has 1 aliphatic carbocycles. The first kappa shape index (κ1) is 21.2. The Bertz CT molecular complexity index is 1260. The molecule has 3 amide bonds. The number of carbonyl (C=O) groups is 3. The Morgan fingerprint density at radius 3 is 2.36 bits per heavy atom. The number of aromatic nitrogens is 1. The number of amides is 3. The second-order valence-electron chi connectivity index (χ2n) is 8.70. The van der Waals surface area contributed by atoms with Crippen molar-refractivity contribution in [3.63, 3.8) is 0 Å². The molecule has 2 aromatic carbocycles. The van der Waals surface area contributed by atoms with Crippen molar-refractivity contribution in [3.8, 4) is 11.1 Å². The molecule has 1 saturated carbocycles. The molecule has 2 aliphatic rings. The number of nitrogens with zero attached hydrogens (tertiary/aromatic N) is 2. The van der Waals surface area contributed by atoms with E-state index in [1.54, 1.807) is 36.7 Å². The first-order chi connectivity index (χ1) is 15.8. The van der Waals surface area contributed by atoms with Gasteiger partial charge in [0.1, 0.15) is 5.54 Å². The zero-order chi connectivity index (χ0) is 23.2. The molecule has 8 heteroatoms. The van der Waals surface area contributed by atoms with Gasteiger partial charge in [0.25, 0.3) is 5.91 Å². The van der Waals surface area contributed by atoms with Gasteiger partial charge in [-0.3, -0.25) is 19.5 Å². The third-order valence-electron chi connectivity index (χ3n) is 6.56. The van der Waals surface area contributed by atoms with Crippen LogP contribution in [0.25, 0.3) is 21.9 Å². The van der Waals surface area contributed by atoms with Gasteiger partial charge in [-0.05, 0) is 41.5 Å². The van der Waals surface area contributed by atoms with Gasteiger partial charge in [0.15, 0.2) is 5.78 Å². The summed E-state index contributed by atoms with van der Waals surface area (Å²) in [5.41, 5.74) is 0.917. The fourth-order valence-electron chi connectivity index (χ4n) is 4.55. The minimum Gasteiger partial charge on any atom is -0.323 e. The lowest BCUT2D eigenvalue weighted by Crippen LogP contribution is -2.51. The highest BCUT2D eigenvalue weighted by molar-refractivity contribution is 6.11. The first-order valence-electron chi connectivity index (χ1n) is 10.8. The van der Waals surface area contributed by atoms with Crippen molar-refractivity contribution in [1.82, 2.24) is 15.2 Å². The Labute approximate surface area is 188 Å². The topological polar surface area (TPSA) is 79.4 Å². The third kappa shape index (κ3) is 3.86. The van der Waals surface area contributed by atoms with E-state index in [-0.39, 0.29) is 12.8 Å². The van der Waals surface area contributed by atoms with Crippen molar-refractivity contribution < 1.29 is 23.2 Å². The van der Waals surface area contributed by atoms with Gasteiger partial charge in [-0.2, -0.15) is 0 Å². The molecule has 33 heavy (non-hydrogen) atoms. The number of imide groups is 1. The van der Waals surface area contributed by atoms with Crippen LogP contribution in [0.15, 0.2) is 60.9 Å². The van der Waals surface area contributed by atoms with Crippen molar-refractivity contribution in [1.29, 1.82) is 0 Å². The van der Waals surface area contributed by atoms with E-state index in [1.165, 1.54) is 0 Å². The summed E-state index contributed by atoms with van der Waals surface area (Å²) in [5, 5.41) is 4.64. The Morgan fingerprint density at radius 2 is 1.64 bits per heavy atom. The summed E-state index contributed by atoms with van der Waals surface area (Å²) in [6, 6.07) is 14.1. The van der Waals surface area contributed by atoms with Crippen LogP contribution in [0.5, 0.6) is 0 Å². The summed E-state index contributed by atoms with van der Waals surface area (Å²) in [5.74, 6) is -3.83. The van der Waals surface area contributed by atoms with Gasteiger partial charge >= 0.3 is 6.03 Å². The standard InChI is InChI=1S/C25H21F2N3O3/c26-25(27)10-8-24(9-11-25)22(32)30(23(33)29-24)15-21(31)18-4-1-16(2-5-18)19-6-3-17-7-12-28-14-20(17)13-19/h1-7,12-14H,8-11,15H2,(H,29,33).